The lowest BCUT2D eigenvalue weighted by Crippen LogP contribution is -2.30. The Bertz CT molecular complexity index is 797. The minimum Gasteiger partial charge on any atom is -0.385 e. The van der Waals surface area contributed by atoms with Crippen LogP contribution in [0.3, 0.4) is 0 Å². The van der Waals surface area contributed by atoms with Crippen molar-refractivity contribution in [1.29, 1.82) is 0 Å². The highest BCUT2D eigenvalue weighted by molar-refractivity contribution is 6.34. The van der Waals surface area contributed by atoms with Gasteiger partial charge < -0.3 is 10.1 Å². The van der Waals surface area contributed by atoms with Gasteiger partial charge in [0.1, 0.15) is 0 Å². The zero-order valence-electron chi connectivity index (χ0n) is 13.8. The average molecular weight is 338 g/mol. The molecule has 0 bridgehead atoms. The van der Waals surface area contributed by atoms with Crippen molar-refractivity contribution in [2.75, 3.05) is 25.2 Å². The number of benzene rings is 2. The number of hydrogen-bond acceptors (Lipinski definition) is 4. The van der Waals surface area contributed by atoms with Crippen LogP contribution in [0.1, 0.15) is 37.5 Å². The zero-order chi connectivity index (χ0) is 17.8. The molecule has 0 aromatic heterocycles. The molecule has 1 aliphatic rings. The van der Waals surface area contributed by atoms with E-state index in [1.54, 1.807) is 55.6 Å². The molecule has 1 heterocycles. The molecule has 3 rings (SSSR count). The first-order chi connectivity index (χ1) is 12.1. The predicted molar refractivity (Wildman–Crippen MR) is 92.9 cm³/mol. The van der Waals surface area contributed by atoms with Crippen LogP contribution in [0.2, 0.25) is 0 Å². The van der Waals surface area contributed by atoms with Crippen molar-refractivity contribution >= 4 is 23.4 Å². The number of anilines is 1. The van der Waals surface area contributed by atoms with Crippen LogP contribution in [0.4, 0.5) is 5.69 Å². The molecule has 0 saturated heterocycles. The van der Waals surface area contributed by atoms with Crippen molar-refractivity contribution < 1.29 is 19.1 Å². The first-order valence-corrected chi connectivity index (χ1v) is 7.98. The molecular formula is C19H18N2O4. The van der Waals surface area contributed by atoms with Gasteiger partial charge in [0, 0.05) is 25.8 Å². The Labute approximate surface area is 145 Å². The molecule has 6 nitrogen and oxygen atoms in total. The van der Waals surface area contributed by atoms with E-state index in [4.69, 9.17) is 4.74 Å². The Morgan fingerprint density at radius 1 is 1.04 bits per heavy atom. The van der Waals surface area contributed by atoms with Gasteiger partial charge in [0.25, 0.3) is 17.7 Å². The number of carbonyl (C=O) groups is 3. The maximum Gasteiger partial charge on any atom is 0.266 e. The number of imide groups is 1. The number of ether oxygens (including phenoxy) is 1. The first kappa shape index (κ1) is 16.9. The van der Waals surface area contributed by atoms with Crippen LogP contribution in [-0.4, -0.2) is 38.0 Å². The third kappa shape index (κ3) is 3.29. The lowest BCUT2D eigenvalue weighted by Gasteiger charge is -2.15. The van der Waals surface area contributed by atoms with Crippen molar-refractivity contribution in [3.05, 3.63) is 65.2 Å². The molecule has 2 aromatic rings. The van der Waals surface area contributed by atoms with Gasteiger partial charge in [0.15, 0.2) is 0 Å². The van der Waals surface area contributed by atoms with Crippen LogP contribution < -0.4 is 10.2 Å². The molecule has 0 fully saturated rings. The molecule has 0 unspecified atom stereocenters. The van der Waals surface area contributed by atoms with Gasteiger partial charge in [0.2, 0.25) is 0 Å². The Morgan fingerprint density at radius 2 is 1.72 bits per heavy atom. The third-order valence-corrected chi connectivity index (χ3v) is 3.97. The van der Waals surface area contributed by atoms with Gasteiger partial charge >= 0.3 is 0 Å². The highest BCUT2D eigenvalue weighted by Gasteiger charge is 2.36. The number of fused-ring (bicyclic) bond motifs is 1. The summed E-state index contributed by atoms with van der Waals surface area (Å²) in [5.74, 6) is -1.01. The van der Waals surface area contributed by atoms with Crippen molar-refractivity contribution in [1.82, 2.24) is 5.32 Å². The third-order valence-electron chi connectivity index (χ3n) is 3.97. The second-order valence-corrected chi connectivity index (χ2v) is 5.64. The Kier molecular flexibility index (Phi) is 4.90. The first-order valence-electron chi connectivity index (χ1n) is 7.98. The smallest absolute Gasteiger partial charge is 0.266 e. The van der Waals surface area contributed by atoms with E-state index in [2.05, 4.69) is 5.32 Å². The summed E-state index contributed by atoms with van der Waals surface area (Å²) in [6.07, 6.45) is 0.709. The summed E-state index contributed by atoms with van der Waals surface area (Å²) in [5, 5.41) is 2.78. The quantitative estimate of drug-likeness (QED) is 0.647. The van der Waals surface area contributed by atoms with Crippen LogP contribution in [0.15, 0.2) is 48.5 Å². The lowest BCUT2D eigenvalue weighted by atomic mass is 10.1. The van der Waals surface area contributed by atoms with Gasteiger partial charge in [-0.1, -0.05) is 18.2 Å². The molecule has 1 aliphatic heterocycles. The highest BCUT2D eigenvalue weighted by Crippen LogP contribution is 2.28. The predicted octanol–water partition coefficient (Wildman–Crippen LogP) is 2.25. The SMILES string of the molecule is COCCCNC(=O)c1cccc(N2C(=O)c3ccccc3C2=O)c1. The van der Waals surface area contributed by atoms with Gasteiger partial charge in [-0.25, -0.2) is 4.90 Å². The van der Waals surface area contributed by atoms with E-state index in [-0.39, 0.29) is 17.7 Å². The zero-order valence-corrected chi connectivity index (χ0v) is 13.8. The van der Waals surface area contributed by atoms with Crippen LogP contribution in [0.25, 0.3) is 0 Å². The Hall–Kier alpha value is -2.99. The number of methoxy groups -OCH3 is 1. The summed E-state index contributed by atoms with van der Waals surface area (Å²) in [6.45, 7) is 1.05. The van der Waals surface area contributed by atoms with Crippen molar-refractivity contribution in [3.63, 3.8) is 0 Å². The molecule has 3 amide bonds. The van der Waals surface area contributed by atoms with E-state index in [9.17, 15) is 14.4 Å². The molecule has 0 atom stereocenters. The fraction of sp³-hybridized carbons (Fsp3) is 0.211. The molecule has 6 heteroatoms. The Morgan fingerprint density at radius 3 is 2.36 bits per heavy atom. The number of rotatable bonds is 6. The maximum atomic E-state index is 12.5. The number of amides is 3. The fourth-order valence-corrected chi connectivity index (χ4v) is 2.73. The maximum absolute atomic E-state index is 12.5. The number of carbonyl (C=O) groups excluding carboxylic acids is 3. The van der Waals surface area contributed by atoms with Crippen molar-refractivity contribution in [3.8, 4) is 0 Å². The molecule has 1 N–H and O–H groups in total. The van der Waals surface area contributed by atoms with E-state index in [0.29, 0.717) is 42.0 Å². The normalized spacial score (nSPS) is 13.1. The van der Waals surface area contributed by atoms with E-state index < -0.39 is 0 Å². The largest absolute Gasteiger partial charge is 0.385 e. The van der Waals surface area contributed by atoms with Gasteiger partial charge in [-0.15, -0.1) is 0 Å². The summed E-state index contributed by atoms with van der Waals surface area (Å²) in [6, 6.07) is 13.2. The second-order valence-electron chi connectivity index (χ2n) is 5.64. The van der Waals surface area contributed by atoms with Gasteiger partial charge in [0.05, 0.1) is 16.8 Å². The topological polar surface area (TPSA) is 75.7 Å². The van der Waals surface area contributed by atoms with E-state index in [0.717, 1.165) is 4.90 Å². The van der Waals surface area contributed by atoms with Gasteiger partial charge in [-0.2, -0.15) is 0 Å². The second kappa shape index (κ2) is 7.27. The van der Waals surface area contributed by atoms with Crippen LogP contribution in [0.5, 0.6) is 0 Å². The Balaban J connectivity index is 1.80. The highest BCUT2D eigenvalue weighted by atomic mass is 16.5. The van der Waals surface area contributed by atoms with E-state index in [1.165, 1.54) is 0 Å². The van der Waals surface area contributed by atoms with Crippen LogP contribution in [-0.2, 0) is 4.74 Å². The molecule has 128 valence electrons. The number of hydrogen-bond donors (Lipinski definition) is 1. The molecule has 0 spiro atoms. The minimum absolute atomic E-state index is 0.255. The number of nitrogens with zero attached hydrogens (tertiary/aromatic N) is 1. The standard InChI is InChI=1S/C19H18N2O4/c1-25-11-5-10-20-17(22)13-6-4-7-14(12-13)21-18(23)15-8-2-3-9-16(15)19(21)24/h2-4,6-9,12H,5,10-11H2,1H3,(H,20,22). The minimum atomic E-state index is -0.377. The summed E-state index contributed by atoms with van der Waals surface area (Å²) in [5.41, 5.74) is 1.53. The summed E-state index contributed by atoms with van der Waals surface area (Å²) in [4.78, 5) is 38.4. The monoisotopic (exact) mass is 338 g/mol. The summed E-state index contributed by atoms with van der Waals surface area (Å²) < 4.78 is 4.94. The van der Waals surface area contributed by atoms with Crippen molar-refractivity contribution in [2.45, 2.75) is 6.42 Å². The summed E-state index contributed by atoms with van der Waals surface area (Å²) in [7, 11) is 1.60. The molecule has 0 aliphatic carbocycles. The fourth-order valence-electron chi connectivity index (χ4n) is 2.73. The molecule has 0 radical (unpaired) electrons. The van der Waals surface area contributed by atoms with Gasteiger partial charge in [-0.05, 0) is 36.8 Å². The van der Waals surface area contributed by atoms with E-state index in [1.807, 2.05) is 0 Å². The average Bonchev–Trinajstić information content (AvgIpc) is 2.90. The molecule has 2 aromatic carbocycles. The van der Waals surface area contributed by atoms with Gasteiger partial charge in [-0.3, -0.25) is 14.4 Å². The molecule has 0 saturated carbocycles. The van der Waals surface area contributed by atoms with Crippen LogP contribution >= 0.6 is 0 Å². The lowest BCUT2D eigenvalue weighted by molar-refractivity contribution is 0.0918. The van der Waals surface area contributed by atoms with E-state index >= 15 is 0 Å². The van der Waals surface area contributed by atoms with Crippen molar-refractivity contribution in [2.24, 2.45) is 0 Å². The number of nitrogens with one attached hydrogen (secondary N) is 1. The molecular weight excluding hydrogens is 320 g/mol. The summed E-state index contributed by atoms with van der Waals surface area (Å²) >= 11 is 0. The van der Waals surface area contributed by atoms with Crippen LogP contribution in [0, 0.1) is 0 Å². The molecule has 25 heavy (non-hydrogen) atoms.